The number of rotatable bonds is 5. The Bertz CT molecular complexity index is 606. The summed E-state index contributed by atoms with van der Waals surface area (Å²) in [6.07, 6.45) is 4.79. The molecule has 0 aliphatic carbocycles. The molecule has 6 nitrogen and oxygen atoms in total. The highest BCUT2D eigenvalue weighted by Crippen LogP contribution is 2.29. The number of aromatic nitrogens is 2. The maximum atomic E-state index is 5.39. The summed E-state index contributed by atoms with van der Waals surface area (Å²) in [4.78, 5) is 14.3. The molecule has 2 atom stereocenters. The van der Waals surface area contributed by atoms with Gasteiger partial charge in [-0.1, -0.05) is 20.8 Å². The molecule has 7 heteroatoms. The van der Waals surface area contributed by atoms with E-state index in [9.17, 15) is 0 Å². The molecule has 2 fully saturated rings. The number of hydrogen-bond donors (Lipinski definition) is 2. The average Bonchev–Trinajstić information content (AvgIpc) is 3.13. The molecule has 0 unspecified atom stereocenters. The molecule has 26 heavy (non-hydrogen) atoms. The van der Waals surface area contributed by atoms with Crippen LogP contribution in [0.15, 0.2) is 6.07 Å². The van der Waals surface area contributed by atoms with Gasteiger partial charge in [-0.15, -0.1) is 0 Å². The molecule has 0 radical (unpaired) electrons. The van der Waals surface area contributed by atoms with Gasteiger partial charge in [-0.25, -0.2) is 0 Å². The molecule has 1 aromatic heterocycles. The van der Waals surface area contributed by atoms with Crippen molar-refractivity contribution in [2.24, 2.45) is 11.8 Å². The first-order valence-corrected chi connectivity index (χ1v) is 10.4. The molecule has 3 heterocycles. The minimum atomic E-state index is 0.594. The number of thiocarbonyl (C=S) groups is 1. The van der Waals surface area contributed by atoms with Crippen molar-refractivity contribution in [3.8, 4) is 0 Å². The first-order chi connectivity index (χ1) is 12.5. The van der Waals surface area contributed by atoms with Crippen LogP contribution in [0.3, 0.4) is 0 Å². The first kappa shape index (κ1) is 19.1. The van der Waals surface area contributed by atoms with Crippen LogP contribution in [0.1, 0.15) is 46.5 Å². The Morgan fingerprint density at radius 1 is 1.12 bits per heavy atom. The maximum absolute atomic E-state index is 5.39. The Balaban J connectivity index is 1.83. The maximum Gasteiger partial charge on any atom is 0.232 e. The van der Waals surface area contributed by atoms with Gasteiger partial charge in [0.1, 0.15) is 11.6 Å². The monoisotopic (exact) mass is 376 g/mol. The molecule has 0 spiro atoms. The molecule has 2 aliphatic rings. The third kappa shape index (κ3) is 4.96. The van der Waals surface area contributed by atoms with Crippen LogP contribution in [0.25, 0.3) is 0 Å². The normalized spacial score (nSPS) is 23.2. The fourth-order valence-corrected chi connectivity index (χ4v) is 4.18. The first-order valence-electron chi connectivity index (χ1n) is 9.99. The van der Waals surface area contributed by atoms with E-state index in [2.05, 4.69) is 47.3 Å². The van der Waals surface area contributed by atoms with Crippen molar-refractivity contribution in [2.75, 3.05) is 47.8 Å². The number of anilines is 3. The van der Waals surface area contributed by atoms with E-state index in [4.69, 9.17) is 22.2 Å². The molecule has 2 saturated heterocycles. The second-order valence-corrected chi connectivity index (χ2v) is 8.24. The van der Waals surface area contributed by atoms with E-state index in [0.717, 1.165) is 50.8 Å². The van der Waals surface area contributed by atoms with Crippen LogP contribution >= 0.6 is 12.2 Å². The van der Waals surface area contributed by atoms with E-state index in [1.807, 2.05) is 0 Å². The SMILES string of the molecule is CCCNC(=S)Nc1nc(N2CCCC2)cc(N2C[C@H](C)C[C@@H](C)C2)n1. The summed E-state index contributed by atoms with van der Waals surface area (Å²) < 4.78 is 0. The minimum absolute atomic E-state index is 0.594. The molecule has 2 N–H and O–H groups in total. The number of piperidine rings is 1. The van der Waals surface area contributed by atoms with Gasteiger partial charge in [0.15, 0.2) is 5.11 Å². The number of nitrogens with one attached hydrogen (secondary N) is 2. The fourth-order valence-electron chi connectivity index (χ4n) is 3.98. The average molecular weight is 377 g/mol. The minimum Gasteiger partial charge on any atom is -0.362 e. The summed E-state index contributed by atoms with van der Waals surface area (Å²) in [5.41, 5.74) is 0. The predicted octanol–water partition coefficient (Wildman–Crippen LogP) is 3.26. The van der Waals surface area contributed by atoms with Crippen molar-refractivity contribution in [3.05, 3.63) is 6.07 Å². The van der Waals surface area contributed by atoms with Crippen LogP contribution in [-0.2, 0) is 0 Å². The van der Waals surface area contributed by atoms with E-state index in [0.29, 0.717) is 22.9 Å². The molecule has 144 valence electrons. The number of hydrogen-bond acceptors (Lipinski definition) is 5. The smallest absolute Gasteiger partial charge is 0.232 e. The van der Waals surface area contributed by atoms with Crippen molar-refractivity contribution < 1.29 is 0 Å². The molecule has 0 bridgehead atoms. The summed E-state index contributed by atoms with van der Waals surface area (Å²) in [6.45, 7) is 11.9. The van der Waals surface area contributed by atoms with Crippen molar-refractivity contribution in [3.63, 3.8) is 0 Å². The highest BCUT2D eigenvalue weighted by Gasteiger charge is 2.25. The molecule has 0 saturated carbocycles. The lowest BCUT2D eigenvalue weighted by Crippen LogP contribution is -2.39. The third-order valence-electron chi connectivity index (χ3n) is 5.08. The van der Waals surface area contributed by atoms with Crippen molar-refractivity contribution in [1.29, 1.82) is 0 Å². The molecular formula is C19H32N6S. The van der Waals surface area contributed by atoms with Gasteiger partial charge < -0.3 is 20.4 Å². The second-order valence-electron chi connectivity index (χ2n) is 7.83. The molecule has 0 amide bonds. The third-order valence-corrected chi connectivity index (χ3v) is 5.33. The van der Waals surface area contributed by atoms with Crippen LogP contribution < -0.4 is 20.4 Å². The molecule has 2 aliphatic heterocycles. The Morgan fingerprint density at radius 2 is 1.73 bits per heavy atom. The van der Waals surface area contributed by atoms with Crippen LogP contribution in [0.2, 0.25) is 0 Å². The molecule has 1 aromatic rings. The Hall–Kier alpha value is -1.63. The Morgan fingerprint density at radius 3 is 2.35 bits per heavy atom. The lowest BCUT2D eigenvalue weighted by atomic mass is 9.92. The lowest BCUT2D eigenvalue weighted by Gasteiger charge is -2.36. The summed E-state index contributed by atoms with van der Waals surface area (Å²) >= 11 is 5.39. The highest BCUT2D eigenvalue weighted by molar-refractivity contribution is 7.80. The largest absolute Gasteiger partial charge is 0.362 e. The van der Waals surface area contributed by atoms with Gasteiger partial charge in [0, 0.05) is 38.8 Å². The van der Waals surface area contributed by atoms with Gasteiger partial charge in [-0.05, 0) is 49.7 Å². The Kier molecular flexibility index (Phi) is 6.51. The van der Waals surface area contributed by atoms with Gasteiger partial charge >= 0.3 is 0 Å². The van der Waals surface area contributed by atoms with Crippen molar-refractivity contribution in [1.82, 2.24) is 15.3 Å². The summed E-state index contributed by atoms with van der Waals surface area (Å²) in [5, 5.41) is 6.98. The zero-order valence-electron chi connectivity index (χ0n) is 16.3. The van der Waals surface area contributed by atoms with Gasteiger partial charge in [0.05, 0.1) is 0 Å². The van der Waals surface area contributed by atoms with E-state index in [1.54, 1.807) is 0 Å². The quantitative estimate of drug-likeness (QED) is 0.765. The summed E-state index contributed by atoms with van der Waals surface area (Å²) in [6, 6.07) is 2.16. The molecule has 3 rings (SSSR count). The number of nitrogens with zero attached hydrogens (tertiary/aromatic N) is 4. The standard InChI is InChI=1S/C19H32N6S/c1-4-7-20-19(26)23-18-21-16(24-8-5-6-9-24)11-17(22-18)25-12-14(2)10-15(3)13-25/h11,14-15H,4-10,12-13H2,1-3H3,(H2,20,21,22,23,26)/t14-,15-/m1/s1. The predicted molar refractivity (Wildman–Crippen MR) is 113 cm³/mol. The molecule has 0 aromatic carbocycles. The fraction of sp³-hybridized carbons (Fsp3) is 0.737. The summed E-state index contributed by atoms with van der Waals surface area (Å²) in [5.74, 6) is 4.00. The topological polar surface area (TPSA) is 56.3 Å². The van der Waals surface area contributed by atoms with Crippen LogP contribution in [0.5, 0.6) is 0 Å². The van der Waals surface area contributed by atoms with Gasteiger partial charge in [-0.3, -0.25) is 0 Å². The van der Waals surface area contributed by atoms with Crippen molar-refractivity contribution >= 4 is 34.9 Å². The highest BCUT2D eigenvalue weighted by atomic mass is 32.1. The van der Waals surface area contributed by atoms with Gasteiger partial charge in [-0.2, -0.15) is 9.97 Å². The van der Waals surface area contributed by atoms with E-state index in [1.165, 1.54) is 19.3 Å². The zero-order valence-corrected chi connectivity index (χ0v) is 17.1. The molecular weight excluding hydrogens is 344 g/mol. The van der Waals surface area contributed by atoms with Crippen molar-refractivity contribution in [2.45, 2.75) is 46.5 Å². The van der Waals surface area contributed by atoms with E-state index < -0.39 is 0 Å². The zero-order chi connectivity index (χ0) is 18.5. The summed E-state index contributed by atoms with van der Waals surface area (Å²) in [7, 11) is 0. The lowest BCUT2D eigenvalue weighted by molar-refractivity contribution is 0.355. The second kappa shape index (κ2) is 8.84. The van der Waals surface area contributed by atoms with Crippen LogP contribution in [-0.4, -0.2) is 47.8 Å². The van der Waals surface area contributed by atoms with Gasteiger partial charge in [0.25, 0.3) is 0 Å². The van der Waals surface area contributed by atoms with Crippen LogP contribution in [0.4, 0.5) is 17.6 Å². The Labute approximate surface area is 162 Å². The van der Waals surface area contributed by atoms with E-state index in [-0.39, 0.29) is 0 Å². The van der Waals surface area contributed by atoms with Crippen LogP contribution in [0, 0.1) is 11.8 Å². The van der Waals surface area contributed by atoms with E-state index >= 15 is 0 Å². The van der Waals surface area contributed by atoms with Gasteiger partial charge in [0.2, 0.25) is 5.95 Å².